The molecule has 2 rings (SSSR count). The lowest BCUT2D eigenvalue weighted by atomic mass is 10.2. The van der Waals surface area contributed by atoms with Gasteiger partial charge in [0.25, 0.3) is 0 Å². The van der Waals surface area contributed by atoms with Crippen LogP contribution in [0, 0.1) is 5.82 Å². The number of sulfonamides is 1. The average molecular weight is 312 g/mol. The topological polar surface area (TPSA) is 86.9 Å². The number of halogens is 1. The van der Waals surface area contributed by atoms with E-state index >= 15 is 0 Å². The molecule has 3 N–H and O–H groups in total. The highest BCUT2D eigenvalue weighted by molar-refractivity contribution is 7.89. The zero-order valence-corrected chi connectivity index (χ0v) is 12.4. The maximum Gasteiger partial charge on any atom is 0.243 e. The Hall–Kier alpha value is -1.77. The fourth-order valence-electron chi connectivity index (χ4n) is 1.77. The van der Waals surface area contributed by atoms with E-state index in [2.05, 4.69) is 20.0 Å². The summed E-state index contributed by atoms with van der Waals surface area (Å²) in [6.45, 7) is 3.14. The van der Waals surface area contributed by atoms with Gasteiger partial charge < -0.3 is 10.3 Å². The van der Waals surface area contributed by atoms with E-state index in [9.17, 15) is 12.8 Å². The third kappa shape index (κ3) is 4.10. The molecule has 0 saturated carbocycles. The molecule has 114 valence electrons. The SMILES string of the molecule is CCNCc1ccc(F)c(S(=O)(=O)NCc2ncc[nH]2)c1. The summed E-state index contributed by atoms with van der Waals surface area (Å²) < 4.78 is 40.4. The van der Waals surface area contributed by atoms with Crippen LogP contribution in [0.15, 0.2) is 35.5 Å². The average Bonchev–Trinajstić information content (AvgIpc) is 2.97. The lowest BCUT2D eigenvalue weighted by Crippen LogP contribution is -2.25. The lowest BCUT2D eigenvalue weighted by molar-refractivity contribution is 0.554. The van der Waals surface area contributed by atoms with Gasteiger partial charge in [0, 0.05) is 18.9 Å². The molecule has 21 heavy (non-hydrogen) atoms. The zero-order valence-electron chi connectivity index (χ0n) is 11.6. The number of benzene rings is 1. The van der Waals surface area contributed by atoms with E-state index in [0.29, 0.717) is 17.9 Å². The highest BCUT2D eigenvalue weighted by Crippen LogP contribution is 2.16. The zero-order chi connectivity index (χ0) is 15.3. The molecule has 0 aliphatic heterocycles. The van der Waals surface area contributed by atoms with E-state index in [1.54, 1.807) is 12.3 Å². The van der Waals surface area contributed by atoms with E-state index in [4.69, 9.17) is 0 Å². The number of nitrogens with zero attached hydrogens (tertiary/aromatic N) is 1. The molecule has 0 unspecified atom stereocenters. The molecule has 6 nitrogen and oxygen atoms in total. The second kappa shape index (κ2) is 6.79. The van der Waals surface area contributed by atoms with Crippen molar-refractivity contribution in [3.05, 3.63) is 47.8 Å². The van der Waals surface area contributed by atoms with Gasteiger partial charge in [-0.25, -0.2) is 22.5 Å². The van der Waals surface area contributed by atoms with Gasteiger partial charge in [0.15, 0.2) is 0 Å². The molecule has 1 aromatic carbocycles. The lowest BCUT2D eigenvalue weighted by Gasteiger charge is -2.09. The van der Waals surface area contributed by atoms with Crippen molar-refractivity contribution in [3.8, 4) is 0 Å². The first-order chi connectivity index (χ1) is 10.0. The van der Waals surface area contributed by atoms with Crippen LogP contribution in [0.4, 0.5) is 4.39 Å². The van der Waals surface area contributed by atoms with Crippen LogP contribution in [-0.2, 0) is 23.1 Å². The quantitative estimate of drug-likeness (QED) is 0.715. The largest absolute Gasteiger partial charge is 0.347 e. The molecule has 0 radical (unpaired) electrons. The summed E-state index contributed by atoms with van der Waals surface area (Å²) in [5.41, 5.74) is 0.705. The summed E-state index contributed by atoms with van der Waals surface area (Å²) in [5, 5.41) is 3.06. The second-order valence-corrected chi connectivity index (χ2v) is 6.14. The highest BCUT2D eigenvalue weighted by Gasteiger charge is 2.19. The maximum atomic E-state index is 13.8. The molecule has 1 aromatic heterocycles. The smallest absolute Gasteiger partial charge is 0.243 e. The Labute approximate surface area is 122 Å². The van der Waals surface area contributed by atoms with Crippen LogP contribution in [0.3, 0.4) is 0 Å². The summed E-state index contributed by atoms with van der Waals surface area (Å²) in [6.07, 6.45) is 3.10. The molecule has 0 amide bonds. The van der Waals surface area contributed by atoms with Crippen molar-refractivity contribution < 1.29 is 12.8 Å². The van der Waals surface area contributed by atoms with Gasteiger partial charge in [-0.15, -0.1) is 0 Å². The van der Waals surface area contributed by atoms with Crippen LogP contribution in [-0.4, -0.2) is 24.9 Å². The molecular formula is C13H17FN4O2S. The molecule has 0 bridgehead atoms. The monoisotopic (exact) mass is 312 g/mol. The van der Waals surface area contributed by atoms with Crippen molar-refractivity contribution >= 4 is 10.0 Å². The highest BCUT2D eigenvalue weighted by atomic mass is 32.2. The summed E-state index contributed by atoms with van der Waals surface area (Å²) in [7, 11) is -3.93. The third-order valence-corrected chi connectivity index (χ3v) is 4.27. The van der Waals surface area contributed by atoms with Crippen molar-refractivity contribution in [1.82, 2.24) is 20.0 Å². The predicted molar refractivity (Wildman–Crippen MR) is 76.4 cm³/mol. The van der Waals surface area contributed by atoms with Crippen molar-refractivity contribution in [2.24, 2.45) is 0 Å². The van der Waals surface area contributed by atoms with Gasteiger partial charge in [-0.2, -0.15) is 0 Å². The van der Waals surface area contributed by atoms with Crippen LogP contribution in [0.5, 0.6) is 0 Å². The van der Waals surface area contributed by atoms with Gasteiger partial charge in [-0.3, -0.25) is 0 Å². The van der Waals surface area contributed by atoms with Crippen molar-refractivity contribution in [2.75, 3.05) is 6.54 Å². The third-order valence-electron chi connectivity index (χ3n) is 2.85. The molecule has 1 heterocycles. The summed E-state index contributed by atoms with van der Waals surface area (Å²) >= 11 is 0. The van der Waals surface area contributed by atoms with Gasteiger partial charge in [0.2, 0.25) is 10.0 Å². The van der Waals surface area contributed by atoms with Crippen LogP contribution < -0.4 is 10.0 Å². The first-order valence-corrected chi connectivity index (χ1v) is 7.98. The first-order valence-electron chi connectivity index (χ1n) is 6.50. The molecule has 0 spiro atoms. The van der Waals surface area contributed by atoms with Gasteiger partial charge in [0.1, 0.15) is 16.5 Å². The van der Waals surface area contributed by atoms with Crippen LogP contribution in [0.25, 0.3) is 0 Å². The number of hydrogen-bond acceptors (Lipinski definition) is 4. The number of hydrogen-bond donors (Lipinski definition) is 3. The van der Waals surface area contributed by atoms with E-state index in [-0.39, 0.29) is 11.4 Å². The van der Waals surface area contributed by atoms with Gasteiger partial charge in [-0.1, -0.05) is 13.0 Å². The van der Waals surface area contributed by atoms with Gasteiger partial charge in [0.05, 0.1) is 6.54 Å². The normalized spacial score (nSPS) is 11.7. The number of nitrogens with one attached hydrogen (secondary N) is 3. The van der Waals surface area contributed by atoms with E-state index < -0.39 is 15.8 Å². The minimum Gasteiger partial charge on any atom is -0.347 e. The standard InChI is InChI=1S/C13H17FN4O2S/c1-2-15-8-10-3-4-11(14)12(7-10)21(19,20)18-9-13-16-5-6-17-13/h3-7,15,18H,2,8-9H2,1H3,(H,16,17). The predicted octanol–water partition coefficient (Wildman–Crippen LogP) is 1.14. The van der Waals surface area contributed by atoms with Crippen molar-refractivity contribution in [1.29, 1.82) is 0 Å². The van der Waals surface area contributed by atoms with Gasteiger partial charge in [-0.05, 0) is 24.2 Å². The number of imidazole rings is 1. The Bertz CT molecular complexity index is 686. The van der Waals surface area contributed by atoms with E-state index in [1.165, 1.54) is 12.3 Å². The summed E-state index contributed by atoms with van der Waals surface area (Å²) in [6, 6.07) is 4.06. The minimum absolute atomic E-state index is 0.0216. The number of H-pyrrole nitrogens is 1. The molecule has 0 saturated heterocycles. The molecule has 0 fully saturated rings. The Balaban J connectivity index is 2.17. The molecule has 0 aliphatic rings. The van der Waals surface area contributed by atoms with Crippen LogP contribution in [0.2, 0.25) is 0 Å². The van der Waals surface area contributed by atoms with Crippen LogP contribution in [0.1, 0.15) is 18.3 Å². The summed E-state index contributed by atoms with van der Waals surface area (Å²) in [5.74, 6) is -0.315. The number of aromatic amines is 1. The molecule has 0 atom stereocenters. The first kappa shape index (κ1) is 15.6. The van der Waals surface area contributed by atoms with Crippen molar-refractivity contribution in [3.63, 3.8) is 0 Å². The number of aromatic nitrogens is 2. The minimum atomic E-state index is -3.93. The summed E-state index contributed by atoms with van der Waals surface area (Å²) in [4.78, 5) is 6.32. The molecular weight excluding hydrogens is 295 g/mol. The number of rotatable bonds is 7. The Morgan fingerprint density at radius 1 is 1.33 bits per heavy atom. The fourth-order valence-corrected chi connectivity index (χ4v) is 2.88. The second-order valence-electron chi connectivity index (χ2n) is 4.41. The Kier molecular flexibility index (Phi) is 5.05. The van der Waals surface area contributed by atoms with E-state index in [1.807, 2.05) is 6.92 Å². The Morgan fingerprint density at radius 3 is 2.81 bits per heavy atom. The molecule has 2 aromatic rings. The maximum absolute atomic E-state index is 13.8. The van der Waals surface area contributed by atoms with E-state index in [0.717, 1.165) is 12.6 Å². The fraction of sp³-hybridized carbons (Fsp3) is 0.308. The Morgan fingerprint density at radius 2 is 2.14 bits per heavy atom. The van der Waals surface area contributed by atoms with Crippen molar-refractivity contribution in [2.45, 2.75) is 24.9 Å². The van der Waals surface area contributed by atoms with Gasteiger partial charge >= 0.3 is 0 Å². The molecule has 0 aliphatic carbocycles. The van der Waals surface area contributed by atoms with Crippen LogP contribution >= 0.6 is 0 Å². The molecule has 8 heteroatoms.